The number of furan rings is 1. The predicted octanol–water partition coefficient (Wildman–Crippen LogP) is 12.9. The molecule has 0 aliphatic carbocycles. The number of rotatable bonds is 3. The summed E-state index contributed by atoms with van der Waals surface area (Å²) in [4.78, 5) is 2.41. The van der Waals surface area contributed by atoms with Crippen LogP contribution >= 0.6 is 11.3 Å². The molecule has 2 nitrogen and oxygen atoms in total. The number of fused-ring (bicyclic) bond motifs is 11. The minimum absolute atomic E-state index is 0.887. The van der Waals surface area contributed by atoms with Gasteiger partial charge in [-0.25, -0.2) is 0 Å². The minimum Gasteiger partial charge on any atom is -0.456 e. The third-order valence-electron chi connectivity index (χ3n) is 9.21. The van der Waals surface area contributed by atoms with Crippen LogP contribution in [0.3, 0.4) is 0 Å². The summed E-state index contributed by atoms with van der Waals surface area (Å²) in [6.07, 6.45) is 0. The van der Waals surface area contributed by atoms with Crippen molar-refractivity contribution in [2.24, 2.45) is 0 Å². The Morgan fingerprint density at radius 1 is 0.400 bits per heavy atom. The Morgan fingerprint density at radius 2 is 1.02 bits per heavy atom. The number of thiophene rings is 1. The molecule has 10 rings (SSSR count). The largest absolute Gasteiger partial charge is 0.456 e. The van der Waals surface area contributed by atoms with Crippen LogP contribution in [0.2, 0.25) is 0 Å². The summed E-state index contributed by atoms with van der Waals surface area (Å²) in [6, 6.07) is 54.9. The maximum absolute atomic E-state index is 6.41. The number of nitrogens with zero attached hydrogens (tertiary/aromatic N) is 1. The van der Waals surface area contributed by atoms with Crippen LogP contribution in [-0.2, 0) is 0 Å². The molecule has 0 amide bonds. The SMILES string of the molecule is c1ccc2c(c1)ccc1cc(N(c3ccc4c(c3)oc3ccccc34)c3ccc4c(c3)sc3ccccc34)c3ccccc3c12. The first-order valence-corrected chi connectivity index (χ1v) is 16.1. The maximum atomic E-state index is 6.41. The van der Waals surface area contributed by atoms with Crippen molar-refractivity contribution in [1.29, 1.82) is 0 Å². The Bertz CT molecular complexity index is 2670. The fraction of sp³-hybridized carbons (Fsp3) is 0. The molecule has 0 N–H and O–H groups in total. The maximum Gasteiger partial charge on any atom is 0.137 e. The Morgan fingerprint density at radius 3 is 1.91 bits per heavy atom. The van der Waals surface area contributed by atoms with Gasteiger partial charge < -0.3 is 9.32 Å². The van der Waals surface area contributed by atoms with Gasteiger partial charge in [0.1, 0.15) is 11.2 Å². The Hall–Kier alpha value is -5.64. The first kappa shape index (κ1) is 24.8. The molecule has 0 saturated heterocycles. The zero-order chi connectivity index (χ0) is 29.5. The molecule has 210 valence electrons. The normalized spacial score (nSPS) is 12.0. The van der Waals surface area contributed by atoms with E-state index in [9.17, 15) is 0 Å². The van der Waals surface area contributed by atoms with E-state index >= 15 is 0 Å². The number of benzene rings is 8. The van der Waals surface area contributed by atoms with Gasteiger partial charge in [-0.05, 0) is 69.4 Å². The Kier molecular flexibility index (Phi) is 5.19. The third kappa shape index (κ3) is 3.68. The van der Waals surface area contributed by atoms with Crippen molar-refractivity contribution in [2.75, 3.05) is 4.90 Å². The zero-order valence-corrected chi connectivity index (χ0v) is 25.0. The minimum atomic E-state index is 0.887. The summed E-state index contributed by atoms with van der Waals surface area (Å²) < 4.78 is 8.99. The zero-order valence-electron chi connectivity index (χ0n) is 24.2. The van der Waals surface area contributed by atoms with Crippen molar-refractivity contribution < 1.29 is 4.42 Å². The molecule has 0 radical (unpaired) electrons. The van der Waals surface area contributed by atoms with Gasteiger partial charge in [0.15, 0.2) is 0 Å². The Labute approximate surface area is 263 Å². The average Bonchev–Trinajstić information content (AvgIpc) is 3.66. The predicted molar refractivity (Wildman–Crippen MR) is 194 cm³/mol. The van der Waals surface area contributed by atoms with Gasteiger partial charge in [0.05, 0.1) is 5.69 Å². The van der Waals surface area contributed by atoms with Crippen molar-refractivity contribution in [3.8, 4) is 0 Å². The van der Waals surface area contributed by atoms with Crippen molar-refractivity contribution in [3.05, 3.63) is 152 Å². The second kappa shape index (κ2) is 9.43. The second-order valence-corrected chi connectivity index (χ2v) is 12.8. The highest BCUT2D eigenvalue weighted by molar-refractivity contribution is 7.25. The van der Waals surface area contributed by atoms with Gasteiger partial charge >= 0.3 is 0 Å². The molecule has 2 heterocycles. The lowest BCUT2D eigenvalue weighted by Gasteiger charge is -2.28. The van der Waals surface area contributed by atoms with Crippen molar-refractivity contribution in [1.82, 2.24) is 0 Å². The molecule has 45 heavy (non-hydrogen) atoms. The molecule has 2 aromatic heterocycles. The van der Waals surface area contributed by atoms with Crippen LogP contribution in [0, 0.1) is 0 Å². The van der Waals surface area contributed by atoms with Crippen LogP contribution in [0.25, 0.3) is 74.4 Å². The van der Waals surface area contributed by atoms with Gasteiger partial charge in [-0.3, -0.25) is 0 Å². The molecule has 0 fully saturated rings. The van der Waals surface area contributed by atoms with E-state index in [2.05, 4.69) is 144 Å². The van der Waals surface area contributed by atoms with Crippen molar-refractivity contribution >= 4 is 103 Å². The molecule has 0 unspecified atom stereocenters. The fourth-order valence-electron chi connectivity index (χ4n) is 7.18. The van der Waals surface area contributed by atoms with E-state index in [-0.39, 0.29) is 0 Å². The van der Waals surface area contributed by atoms with E-state index < -0.39 is 0 Å². The lowest BCUT2D eigenvalue weighted by atomic mass is 9.94. The first-order chi connectivity index (χ1) is 22.3. The molecule has 3 heteroatoms. The molecular weight excluding hydrogens is 567 g/mol. The van der Waals surface area contributed by atoms with E-state index in [0.29, 0.717) is 0 Å². The van der Waals surface area contributed by atoms with Crippen molar-refractivity contribution in [2.45, 2.75) is 0 Å². The number of anilines is 3. The van der Waals surface area contributed by atoms with E-state index in [1.54, 1.807) is 0 Å². The van der Waals surface area contributed by atoms with Crippen LogP contribution in [0.5, 0.6) is 0 Å². The summed E-state index contributed by atoms with van der Waals surface area (Å²) in [5.41, 5.74) is 5.12. The van der Waals surface area contributed by atoms with Gasteiger partial charge in [0, 0.05) is 53.8 Å². The van der Waals surface area contributed by atoms with Gasteiger partial charge in [-0.2, -0.15) is 0 Å². The van der Waals surface area contributed by atoms with Gasteiger partial charge in [-0.15, -0.1) is 11.3 Å². The lowest BCUT2D eigenvalue weighted by molar-refractivity contribution is 0.669. The van der Waals surface area contributed by atoms with Gasteiger partial charge in [-0.1, -0.05) is 103 Å². The summed E-state index contributed by atoms with van der Waals surface area (Å²) in [7, 11) is 0. The van der Waals surface area contributed by atoms with Crippen LogP contribution in [0.1, 0.15) is 0 Å². The van der Waals surface area contributed by atoms with E-state index in [1.807, 2.05) is 23.5 Å². The smallest absolute Gasteiger partial charge is 0.137 e. The van der Waals surface area contributed by atoms with Crippen LogP contribution < -0.4 is 4.90 Å². The van der Waals surface area contributed by atoms with Crippen LogP contribution in [0.15, 0.2) is 156 Å². The summed E-state index contributed by atoms with van der Waals surface area (Å²) in [6.45, 7) is 0. The first-order valence-electron chi connectivity index (χ1n) is 15.3. The standard InChI is InChI=1S/C42H25NOS/c1-2-10-30-26(9-1)17-18-27-23-37(31-11-3-4-14-36(31)42(27)30)43(28-19-21-33-32-12-5-7-15-38(32)44-39(33)24-28)29-20-22-35-34-13-6-8-16-40(34)45-41(35)25-29/h1-25H. The van der Waals surface area contributed by atoms with E-state index in [1.165, 1.54) is 52.5 Å². The van der Waals surface area contributed by atoms with E-state index in [4.69, 9.17) is 4.42 Å². The molecule has 0 spiro atoms. The molecule has 0 saturated carbocycles. The summed E-state index contributed by atoms with van der Waals surface area (Å²) in [5, 5.41) is 12.4. The second-order valence-electron chi connectivity index (χ2n) is 11.7. The van der Waals surface area contributed by atoms with Crippen molar-refractivity contribution in [3.63, 3.8) is 0 Å². The summed E-state index contributed by atoms with van der Waals surface area (Å²) in [5.74, 6) is 0. The van der Waals surface area contributed by atoms with Crippen LogP contribution in [0.4, 0.5) is 17.1 Å². The molecule has 0 bridgehead atoms. The third-order valence-corrected chi connectivity index (χ3v) is 10.3. The molecular formula is C42H25NOS. The number of hydrogen-bond acceptors (Lipinski definition) is 3. The molecule has 0 aliphatic heterocycles. The van der Waals surface area contributed by atoms with Crippen LogP contribution in [-0.4, -0.2) is 0 Å². The molecule has 8 aromatic carbocycles. The highest BCUT2D eigenvalue weighted by Crippen LogP contribution is 2.46. The topological polar surface area (TPSA) is 16.4 Å². The highest BCUT2D eigenvalue weighted by Gasteiger charge is 2.20. The monoisotopic (exact) mass is 591 g/mol. The van der Waals surface area contributed by atoms with Gasteiger partial charge in [0.2, 0.25) is 0 Å². The number of hydrogen-bond donors (Lipinski definition) is 0. The highest BCUT2D eigenvalue weighted by atomic mass is 32.1. The van der Waals surface area contributed by atoms with E-state index in [0.717, 1.165) is 39.0 Å². The molecule has 10 aromatic rings. The van der Waals surface area contributed by atoms with Gasteiger partial charge in [0.25, 0.3) is 0 Å². The molecule has 0 atom stereocenters. The Balaban J connectivity index is 1.29. The molecule has 0 aliphatic rings. The average molecular weight is 592 g/mol. The summed E-state index contributed by atoms with van der Waals surface area (Å²) >= 11 is 1.85. The quantitative estimate of drug-likeness (QED) is 0.190. The number of para-hydroxylation sites is 1. The fourth-order valence-corrected chi connectivity index (χ4v) is 8.32. The lowest BCUT2D eigenvalue weighted by Crippen LogP contribution is -2.10.